The molecule has 1 saturated heterocycles. The number of thiazole rings is 1. The summed E-state index contributed by atoms with van der Waals surface area (Å²) in [6.45, 7) is 0.887. The summed E-state index contributed by atoms with van der Waals surface area (Å²) >= 11 is 1.50. The van der Waals surface area contributed by atoms with Gasteiger partial charge in [0.05, 0.1) is 24.0 Å². The topological polar surface area (TPSA) is 67.3 Å². The molecule has 0 saturated carbocycles. The molecular formula is C16H18N2O3S2. The molecule has 1 unspecified atom stereocenters. The van der Waals surface area contributed by atoms with Crippen LogP contribution in [0.4, 0.5) is 0 Å². The number of benzene rings is 1. The molecule has 1 aromatic carbocycles. The first kappa shape index (κ1) is 16.1. The summed E-state index contributed by atoms with van der Waals surface area (Å²) in [6, 6.07) is 9.73. The minimum absolute atomic E-state index is 0.0327. The van der Waals surface area contributed by atoms with Gasteiger partial charge in [0.1, 0.15) is 5.01 Å². The first-order valence-corrected chi connectivity index (χ1v) is 10.1. The number of hydrogen-bond acceptors (Lipinski definition) is 5. The quantitative estimate of drug-likeness (QED) is 0.828. The van der Waals surface area contributed by atoms with Gasteiger partial charge in [-0.05, 0) is 12.0 Å². The zero-order valence-electron chi connectivity index (χ0n) is 12.6. The lowest BCUT2D eigenvalue weighted by atomic mass is 10.1. The predicted octanol–water partition coefficient (Wildman–Crippen LogP) is 2.11. The fourth-order valence-corrected chi connectivity index (χ4v) is 5.12. The van der Waals surface area contributed by atoms with Gasteiger partial charge in [-0.3, -0.25) is 4.79 Å². The molecule has 1 amide bonds. The molecule has 0 radical (unpaired) electrons. The van der Waals surface area contributed by atoms with E-state index in [4.69, 9.17) is 0 Å². The molecule has 23 heavy (non-hydrogen) atoms. The van der Waals surface area contributed by atoms with Crippen LogP contribution >= 0.6 is 11.3 Å². The van der Waals surface area contributed by atoms with E-state index in [-0.39, 0.29) is 17.4 Å². The Bertz CT molecular complexity index is 758. The van der Waals surface area contributed by atoms with Gasteiger partial charge >= 0.3 is 0 Å². The fourth-order valence-electron chi connectivity index (χ4n) is 2.76. The number of sulfone groups is 1. The second-order valence-corrected chi connectivity index (χ2v) is 8.91. The molecule has 5 nitrogen and oxygen atoms in total. The van der Waals surface area contributed by atoms with E-state index in [1.807, 2.05) is 35.7 Å². The van der Waals surface area contributed by atoms with Crippen molar-refractivity contribution < 1.29 is 13.2 Å². The van der Waals surface area contributed by atoms with E-state index in [1.54, 1.807) is 11.1 Å². The average Bonchev–Trinajstić information content (AvgIpc) is 3.16. The van der Waals surface area contributed by atoms with Gasteiger partial charge in [0, 0.05) is 18.1 Å². The fraction of sp³-hybridized carbons (Fsp3) is 0.375. The molecule has 1 fully saturated rings. The molecule has 1 aliphatic rings. The van der Waals surface area contributed by atoms with Crippen LogP contribution in [0.5, 0.6) is 0 Å². The molecule has 122 valence electrons. The Morgan fingerprint density at radius 3 is 2.65 bits per heavy atom. The Labute approximate surface area is 139 Å². The SMILES string of the molecule is O=C(C1CCS(=O)(=O)C1)N(Cc1ccccc1)Cc1nccs1. The van der Waals surface area contributed by atoms with Gasteiger partial charge in [-0.25, -0.2) is 13.4 Å². The first-order chi connectivity index (χ1) is 11.0. The van der Waals surface area contributed by atoms with Crippen LogP contribution < -0.4 is 0 Å². The standard InChI is InChI=1S/C16H18N2O3S2/c19-16(14-6-9-23(20,21)12-14)18(11-15-17-7-8-22-15)10-13-4-2-1-3-5-13/h1-5,7-8,14H,6,9-12H2. The lowest BCUT2D eigenvalue weighted by Gasteiger charge is -2.24. The van der Waals surface area contributed by atoms with Gasteiger partial charge in [-0.15, -0.1) is 11.3 Å². The van der Waals surface area contributed by atoms with E-state index in [1.165, 1.54) is 11.3 Å². The highest BCUT2D eigenvalue weighted by molar-refractivity contribution is 7.91. The smallest absolute Gasteiger partial charge is 0.227 e. The lowest BCUT2D eigenvalue weighted by Crippen LogP contribution is -2.35. The number of nitrogens with zero attached hydrogens (tertiary/aromatic N) is 2. The number of rotatable bonds is 5. The highest BCUT2D eigenvalue weighted by atomic mass is 32.2. The molecule has 0 aliphatic carbocycles. The molecule has 0 spiro atoms. The monoisotopic (exact) mass is 350 g/mol. The number of carbonyl (C=O) groups excluding carboxylic acids is 1. The van der Waals surface area contributed by atoms with Crippen LogP contribution in [-0.2, 0) is 27.7 Å². The van der Waals surface area contributed by atoms with Crippen molar-refractivity contribution in [2.75, 3.05) is 11.5 Å². The second kappa shape index (κ2) is 6.80. The van der Waals surface area contributed by atoms with Crippen molar-refractivity contribution in [3.05, 3.63) is 52.5 Å². The Hall–Kier alpha value is -1.73. The van der Waals surface area contributed by atoms with Gasteiger partial charge in [0.15, 0.2) is 9.84 Å². The van der Waals surface area contributed by atoms with Crippen molar-refractivity contribution >= 4 is 27.1 Å². The van der Waals surface area contributed by atoms with Gasteiger partial charge in [0.2, 0.25) is 5.91 Å². The zero-order chi connectivity index (χ0) is 16.3. The molecule has 0 bridgehead atoms. The lowest BCUT2D eigenvalue weighted by molar-refractivity contribution is -0.136. The maximum atomic E-state index is 12.8. The summed E-state index contributed by atoms with van der Waals surface area (Å²) < 4.78 is 23.3. The minimum Gasteiger partial charge on any atom is -0.331 e. The molecule has 1 aliphatic heterocycles. The maximum Gasteiger partial charge on any atom is 0.227 e. The van der Waals surface area contributed by atoms with E-state index in [0.717, 1.165) is 10.6 Å². The molecular weight excluding hydrogens is 332 g/mol. The zero-order valence-corrected chi connectivity index (χ0v) is 14.2. The number of carbonyl (C=O) groups is 1. The second-order valence-electron chi connectivity index (χ2n) is 5.71. The van der Waals surface area contributed by atoms with Crippen LogP contribution in [0.25, 0.3) is 0 Å². The summed E-state index contributed by atoms with van der Waals surface area (Å²) in [6.07, 6.45) is 2.13. The molecule has 2 heterocycles. The third-order valence-electron chi connectivity index (χ3n) is 3.92. The van der Waals surface area contributed by atoms with Crippen LogP contribution in [-0.4, -0.2) is 35.7 Å². The maximum absolute atomic E-state index is 12.8. The van der Waals surface area contributed by atoms with E-state index >= 15 is 0 Å². The van der Waals surface area contributed by atoms with Crippen LogP contribution in [0.1, 0.15) is 17.0 Å². The molecule has 7 heteroatoms. The van der Waals surface area contributed by atoms with Crippen molar-refractivity contribution in [3.8, 4) is 0 Å². The van der Waals surface area contributed by atoms with Crippen LogP contribution in [0.3, 0.4) is 0 Å². The van der Waals surface area contributed by atoms with Crippen LogP contribution in [0.2, 0.25) is 0 Å². The summed E-state index contributed by atoms with van der Waals surface area (Å²) in [5, 5.41) is 2.73. The molecule has 0 N–H and O–H groups in total. The number of amides is 1. The summed E-state index contributed by atoms with van der Waals surface area (Å²) in [7, 11) is -3.07. The van der Waals surface area contributed by atoms with Gasteiger partial charge in [0.25, 0.3) is 0 Å². The van der Waals surface area contributed by atoms with Crippen molar-refractivity contribution in [2.45, 2.75) is 19.5 Å². The van der Waals surface area contributed by atoms with Gasteiger partial charge in [-0.1, -0.05) is 30.3 Å². The highest BCUT2D eigenvalue weighted by Crippen LogP contribution is 2.23. The van der Waals surface area contributed by atoms with E-state index < -0.39 is 15.8 Å². The molecule has 2 aromatic rings. The molecule has 1 atom stereocenters. The molecule has 3 rings (SSSR count). The number of aromatic nitrogens is 1. The van der Waals surface area contributed by atoms with E-state index in [0.29, 0.717) is 19.5 Å². The summed E-state index contributed by atoms with van der Waals surface area (Å²) in [4.78, 5) is 18.8. The largest absolute Gasteiger partial charge is 0.331 e. The van der Waals surface area contributed by atoms with Crippen LogP contribution in [0.15, 0.2) is 41.9 Å². The van der Waals surface area contributed by atoms with Crippen molar-refractivity contribution in [1.82, 2.24) is 9.88 Å². The minimum atomic E-state index is -3.07. The third kappa shape index (κ3) is 4.17. The Kier molecular flexibility index (Phi) is 4.77. The van der Waals surface area contributed by atoms with Crippen molar-refractivity contribution in [3.63, 3.8) is 0 Å². The Morgan fingerprint density at radius 1 is 1.26 bits per heavy atom. The third-order valence-corrected chi connectivity index (χ3v) is 6.45. The summed E-state index contributed by atoms with van der Waals surface area (Å²) in [5.74, 6) is -0.441. The average molecular weight is 350 g/mol. The van der Waals surface area contributed by atoms with Crippen molar-refractivity contribution in [2.24, 2.45) is 5.92 Å². The summed E-state index contributed by atoms with van der Waals surface area (Å²) in [5.41, 5.74) is 1.03. The van der Waals surface area contributed by atoms with Crippen molar-refractivity contribution in [1.29, 1.82) is 0 Å². The van der Waals surface area contributed by atoms with Crippen LogP contribution in [0, 0.1) is 5.92 Å². The number of hydrogen-bond donors (Lipinski definition) is 0. The van der Waals surface area contributed by atoms with Gasteiger partial charge in [-0.2, -0.15) is 0 Å². The normalized spacial score (nSPS) is 19.6. The Balaban J connectivity index is 1.78. The predicted molar refractivity (Wildman–Crippen MR) is 89.6 cm³/mol. The Morgan fingerprint density at radius 2 is 2.04 bits per heavy atom. The van der Waals surface area contributed by atoms with E-state index in [2.05, 4.69) is 4.98 Å². The first-order valence-electron chi connectivity index (χ1n) is 7.45. The molecule has 1 aromatic heterocycles. The highest BCUT2D eigenvalue weighted by Gasteiger charge is 2.35. The van der Waals surface area contributed by atoms with E-state index in [9.17, 15) is 13.2 Å². The van der Waals surface area contributed by atoms with Gasteiger partial charge < -0.3 is 4.90 Å².